The van der Waals surface area contributed by atoms with Crippen LogP contribution >= 0.6 is 27.5 Å². The number of nitrogens with zero attached hydrogens (tertiary/aromatic N) is 5. The smallest absolute Gasteiger partial charge is 0.280 e. The summed E-state index contributed by atoms with van der Waals surface area (Å²) in [5.41, 5.74) is 3.05. The Morgan fingerprint density at radius 2 is 1.93 bits per heavy atom. The molecule has 1 aromatic carbocycles. The van der Waals surface area contributed by atoms with Gasteiger partial charge in [0.25, 0.3) is 5.91 Å². The summed E-state index contributed by atoms with van der Waals surface area (Å²) in [7, 11) is 1.78. The van der Waals surface area contributed by atoms with Gasteiger partial charge in [-0.1, -0.05) is 30.3 Å². The number of rotatable bonds is 5. The maximum absolute atomic E-state index is 13.3. The van der Waals surface area contributed by atoms with Crippen molar-refractivity contribution in [3.8, 4) is 0 Å². The lowest BCUT2D eigenvalue weighted by molar-refractivity contribution is 0.0748. The van der Waals surface area contributed by atoms with Gasteiger partial charge in [0.05, 0.1) is 5.69 Å². The standard InChI is InChI=1S/C20H23BrClN5O/c1-11(2)24-25(6)13(5)27-17(14-7-9-15(22)10-8-14)18-16(19(27)28)23-20(21)26(18)12(3)4/h7-10,12,17H,5H2,1-4,6H3. The monoisotopic (exact) mass is 463 g/mol. The van der Waals surface area contributed by atoms with Crippen LogP contribution in [0.25, 0.3) is 0 Å². The van der Waals surface area contributed by atoms with Gasteiger partial charge >= 0.3 is 0 Å². The second kappa shape index (κ2) is 7.72. The number of halogens is 2. The number of amides is 1. The van der Waals surface area contributed by atoms with Crippen LogP contribution in [0, 0.1) is 0 Å². The van der Waals surface area contributed by atoms with Crippen molar-refractivity contribution in [2.24, 2.45) is 5.10 Å². The topological polar surface area (TPSA) is 53.7 Å². The Bertz CT molecular complexity index is 960. The second-order valence-electron chi connectivity index (χ2n) is 7.19. The molecule has 0 saturated heterocycles. The van der Waals surface area contributed by atoms with Gasteiger partial charge in [0.15, 0.2) is 10.4 Å². The van der Waals surface area contributed by atoms with Crippen molar-refractivity contribution in [1.82, 2.24) is 19.5 Å². The van der Waals surface area contributed by atoms with Gasteiger partial charge < -0.3 is 4.57 Å². The third kappa shape index (κ3) is 3.49. The molecule has 1 unspecified atom stereocenters. The maximum atomic E-state index is 13.3. The molecule has 0 radical (unpaired) electrons. The number of carbonyl (C=O) groups is 1. The number of imidazole rings is 1. The summed E-state index contributed by atoms with van der Waals surface area (Å²) >= 11 is 9.60. The van der Waals surface area contributed by atoms with Gasteiger partial charge in [0.2, 0.25) is 0 Å². The fourth-order valence-corrected chi connectivity index (χ4v) is 4.32. The van der Waals surface area contributed by atoms with Gasteiger partial charge in [-0.25, -0.2) is 4.98 Å². The van der Waals surface area contributed by atoms with Crippen molar-refractivity contribution < 1.29 is 4.79 Å². The Hall–Kier alpha value is -2.12. The fraction of sp³-hybridized carbons (Fsp3) is 0.350. The molecule has 2 aromatic rings. The van der Waals surface area contributed by atoms with E-state index in [4.69, 9.17) is 11.6 Å². The first kappa shape index (κ1) is 20.6. The number of hydrogen-bond acceptors (Lipinski definition) is 4. The largest absolute Gasteiger partial charge is 0.317 e. The SMILES string of the molecule is C=C(N(C)N=C(C)C)N1C(=O)c2nc(Br)n(C(C)C)c2C1c1ccc(Cl)cc1. The molecule has 0 bridgehead atoms. The molecule has 8 heteroatoms. The van der Waals surface area contributed by atoms with Crippen molar-refractivity contribution in [2.45, 2.75) is 39.8 Å². The van der Waals surface area contributed by atoms with Crippen LogP contribution in [-0.4, -0.2) is 38.1 Å². The lowest BCUT2D eigenvalue weighted by atomic mass is 10.0. The van der Waals surface area contributed by atoms with Gasteiger partial charge in [-0.2, -0.15) is 5.10 Å². The van der Waals surface area contributed by atoms with Gasteiger partial charge in [-0.3, -0.25) is 14.7 Å². The number of hydrazone groups is 1. The number of carbonyl (C=O) groups excluding carboxylic acids is 1. The van der Waals surface area contributed by atoms with E-state index in [1.54, 1.807) is 17.0 Å². The maximum Gasteiger partial charge on any atom is 0.280 e. The molecule has 1 aromatic heterocycles. The number of benzene rings is 1. The molecule has 0 N–H and O–H groups in total. The Labute approximate surface area is 178 Å². The van der Waals surface area contributed by atoms with Crippen molar-refractivity contribution in [3.05, 3.63) is 63.4 Å². The third-order valence-corrected chi connectivity index (χ3v) is 5.36. The minimum Gasteiger partial charge on any atom is -0.317 e. The van der Waals surface area contributed by atoms with Crippen LogP contribution in [0.4, 0.5) is 0 Å². The van der Waals surface area contributed by atoms with E-state index >= 15 is 0 Å². The number of fused-ring (bicyclic) bond motifs is 1. The van der Waals surface area contributed by atoms with Crippen LogP contribution in [0.3, 0.4) is 0 Å². The lowest BCUT2D eigenvalue weighted by Gasteiger charge is -2.32. The molecule has 2 heterocycles. The molecule has 1 aliphatic rings. The van der Waals surface area contributed by atoms with Gasteiger partial charge in [0, 0.05) is 23.8 Å². The molecule has 3 rings (SSSR count). The van der Waals surface area contributed by atoms with Crippen molar-refractivity contribution >= 4 is 39.1 Å². The summed E-state index contributed by atoms with van der Waals surface area (Å²) in [6, 6.07) is 7.25. The Balaban J connectivity index is 2.19. The molecule has 1 amide bonds. The summed E-state index contributed by atoms with van der Waals surface area (Å²) in [5, 5.41) is 6.68. The zero-order valence-corrected chi connectivity index (χ0v) is 18.9. The van der Waals surface area contributed by atoms with E-state index in [2.05, 4.69) is 46.4 Å². The van der Waals surface area contributed by atoms with Crippen molar-refractivity contribution in [3.63, 3.8) is 0 Å². The van der Waals surface area contributed by atoms with E-state index in [1.165, 1.54) is 0 Å². The average molecular weight is 465 g/mol. The van der Waals surface area contributed by atoms with Gasteiger partial charge in [-0.05, 0) is 61.3 Å². The zero-order valence-electron chi connectivity index (χ0n) is 16.6. The molecular weight excluding hydrogens is 442 g/mol. The van der Waals surface area contributed by atoms with Crippen LogP contribution < -0.4 is 0 Å². The minimum atomic E-state index is -0.372. The minimum absolute atomic E-state index is 0.120. The lowest BCUT2D eigenvalue weighted by Crippen LogP contribution is -2.35. The first-order chi connectivity index (χ1) is 13.1. The summed E-state index contributed by atoms with van der Waals surface area (Å²) in [4.78, 5) is 19.5. The molecule has 0 saturated carbocycles. The highest BCUT2D eigenvalue weighted by Crippen LogP contribution is 2.43. The molecule has 148 valence electrons. The zero-order chi connectivity index (χ0) is 20.7. The van der Waals surface area contributed by atoms with Gasteiger partial charge in [0.1, 0.15) is 11.9 Å². The van der Waals surface area contributed by atoms with Crippen molar-refractivity contribution in [1.29, 1.82) is 0 Å². The first-order valence-electron chi connectivity index (χ1n) is 8.94. The van der Waals surface area contributed by atoms with E-state index in [-0.39, 0.29) is 18.0 Å². The predicted octanol–water partition coefficient (Wildman–Crippen LogP) is 5.22. The van der Waals surface area contributed by atoms with E-state index < -0.39 is 0 Å². The molecular formula is C20H23BrClN5O. The predicted molar refractivity (Wildman–Crippen MR) is 115 cm³/mol. The Kier molecular flexibility index (Phi) is 5.68. The van der Waals surface area contributed by atoms with Crippen LogP contribution in [-0.2, 0) is 0 Å². The third-order valence-electron chi connectivity index (χ3n) is 4.55. The molecule has 0 fully saturated rings. The average Bonchev–Trinajstić information content (AvgIpc) is 3.08. The molecule has 0 aliphatic carbocycles. The fourth-order valence-electron chi connectivity index (χ4n) is 3.41. The highest BCUT2D eigenvalue weighted by atomic mass is 79.9. The normalized spacial score (nSPS) is 15.8. The quantitative estimate of drug-likeness (QED) is 0.450. The van der Waals surface area contributed by atoms with Crippen molar-refractivity contribution in [2.75, 3.05) is 7.05 Å². The molecule has 28 heavy (non-hydrogen) atoms. The van der Waals surface area contributed by atoms with E-state index in [9.17, 15) is 4.79 Å². The van der Waals surface area contributed by atoms with Gasteiger partial charge in [-0.15, -0.1) is 0 Å². The second-order valence-corrected chi connectivity index (χ2v) is 8.34. The van der Waals surface area contributed by atoms with Crippen LogP contribution in [0.2, 0.25) is 5.02 Å². The molecule has 1 aliphatic heterocycles. The van der Waals surface area contributed by atoms with Crippen LogP contribution in [0.5, 0.6) is 0 Å². The summed E-state index contributed by atoms with van der Waals surface area (Å²) in [6.07, 6.45) is 0. The summed E-state index contributed by atoms with van der Waals surface area (Å²) < 4.78 is 2.68. The van der Waals surface area contributed by atoms with E-state index in [0.717, 1.165) is 17.0 Å². The number of aromatic nitrogens is 2. The molecule has 0 spiro atoms. The van der Waals surface area contributed by atoms with E-state index in [0.29, 0.717) is 21.3 Å². The Morgan fingerprint density at radius 3 is 2.46 bits per heavy atom. The summed E-state index contributed by atoms with van der Waals surface area (Å²) in [5.74, 6) is 0.284. The van der Waals surface area contributed by atoms with E-state index in [1.807, 2.05) is 42.7 Å². The molecule has 1 atom stereocenters. The summed E-state index contributed by atoms with van der Waals surface area (Å²) in [6.45, 7) is 12.1. The van der Waals surface area contributed by atoms with Crippen LogP contribution in [0.15, 0.2) is 46.5 Å². The first-order valence-corrected chi connectivity index (χ1v) is 10.1. The highest BCUT2D eigenvalue weighted by Gasteiger charge is 2.45. The van der Waals surface area contributed by atoms with Crippen LogP contribution in [0.1, 0.15) is 61.5 Å². The molecule has 6 nitrogen and oxygen atoms in total. The highest BCUT2D eigenvalue weighted by molar-refractivity contribution is 9.10. The number of hydrogen-bond donors (Lipinski definition) is 0. The Morgan fingerprint density at radius 1 is 1.32 bits per heavy atom.